The van der Waals surface area contributed by atoms with Gasteiger partial charge in [-0.1, -0.05) is 30.9 Å². The summed E-state index contributed by atoms with van der Waals surface area (Å²) in [5.41, 5.74) is 2.67. The number of ether oxygens (including phenoxy) is 2. The number of nitrogens with zero attached hydrogens (tertiary/aromatic N) is 1. The van der Waals surface area contributed by atoms with Crippen LogP contribution in [-0.4, -0.2) is 47.3 Å². The van der Waals surface area contributed by atoms with Crippen molar-refractivity contribution in [2.45, 2.75) is 44.9 Å². The fourth-order valence-corrected chi connectivity index (χ4v) is 4.84. The van der Waals surface area contributed by atoms with Crippen molar-refractivity contribution in [2.24, 2.45) is 0 Å². The van der Waals surface area contributed by atoms with E-state index >= 15 is 0 Å². The molecule has 9 heteroatoms. The van der Waals surface area contributed by atoms with E-state index in [9.17, 15) is 19.2 Å². The molecule has 1 aliphatic heterocycles. The minimum absolute atomic E-state index is 0.235. The van der Waals surface area contributed by atoms with Crippen LogP contribution in [0.3, 0.4) is 0 Å². The Balaban J connectivity index is 1.47. The molecule has 3 aromatic rings. The molecule has 2 heterocycles. The van der Waals surface area contributed by atoms with Gasteiger partial charge in [0.15, 0.2) is 0 Å². The van der Waals surface area contributed by atoms with Gasteiger partial charge < -0.3 is 14.5 Å². The first-order chi connectivity index (χ1) is 18.3. The van der Waals surface area contributed by atoms with E-state index < -0.39 is 17.9 Å². The fourth-order valence-electron chi connectivity index (χ4n) is 4.71. The average Bonchev–Trinajstić information content (AvgIpc) is 3.40. The van der Waals surface area contributed by atoms with Crippen molar-refractivity contribution in [3.8, 4) is 5.75 Å². The summed E-state index contributed by atoms with van der Waals surface area (Å²) in [5.74, 6) is -1.96. The third-order valence-electron chi connectivity index (χ3n) is 6.67. The van der Waals surface area contributed by atoms with Crippen molar-refractivity contribution < 1.29 is 28.7 Å². The van der Waals surface area contributed by atoms with Gasteiger partial charge in [-0.15, -0.1) is 0 Å². The lowest BCUT2D eigenvalue weighted by Crippen LogP contribution is -2.30. The first-order valence-electron chi connectivity index (χ1n) is 12.5. The Morgan fingerprint density at radius 1 is 0.974 bits per heavy atom. The van der Waals surface area contributed by atoms with Crippen LogP contribution < -0.4 is 4.74 Å². The highest BCUT2D eigenvalue weighted by atomic mass is 35.5. The van der Waals surface area contributed by atoms with Crippen molar-refractivity contribution in [3.63, 3.8) is 0 Å². The number of imide groups is 1. The summed E-state index contributed by atoms with van der Waals surface area (Å²) in [6.07, 6.45) is 5.94. The number of methoxy groups -OCH3 is 1. The number of H-pyrrole nitrogens is 1. The molecule has 1 atom stereocenters. The molecule has 2 amide bonds. The molecule has 38 heavy (non-hydrogen) atoms. The molecule has 2 aromatic carbocycles. The number of nitrogens with one attached hydrogen (secondary N) is 1. The molecule has 1 aliphatic rings. The first-order valence-corrected chi connectivity index (χ1v) is 12.9. The number of carbonyl (C=O) groups excluding carboxylic acids is 4. The predicted octanol–water partition coefficient (Wildman–Crippen LogP) is 5.48. The summed E-state index contributed by atoms with van der Waals surface area (Å²) in [6, 6.07) is 11.8. The van der Waals surface area contributed by atoms with Crippen molar-refractivity contribution in [2.75, 3.05) is 13.7 Å². The normalized spacial score (nSPS) is 13.8. The van der Waals surface area contributed by atoms with Gasteiger partial charge in [0.05, 0.1) is 18.6 Å². The minimum atomic E-state index is -0.736. The molecular formula is C29H29ClN2O6. The molecule has 1 N–H and O–H groups in total. The molecule has 0 saturated heterocycles. The van der Waals surface area contributed by atoms with Crippen molar-refractivity contribution >= 4 is 46.3 Å². The lowest BCUT2D eigenvalue weighted by atomic mass is 9.90. The highest BCUT2D eigenvalue weighted by molar-refractivity contribution is 6.30. The Morgan fingerprint density at radius 3 is 2.34 bits per heavy atom. The average molecular weight is 537 g/mol. The monoisotopic (exact) mass is 536 g/mol. The van der Waals surface area contributed by atoms with Gasteiger partial charge in [0, 0.05) is 40.3 Å². The van der Waals surface area contributed by atoms with Gasteiger partial charge in [-0.25, -0.2) is 4.79 Å². The lowest BCUT2D eigenvalue weighted by molar-refractivity contribution is -0.140. The molecule has 0 saturated carbocycles. The number of amides is 2. The van der Waals surface area contributed by atoms with E-state index in [1.165, 1.54) is 29.2 Å². The quantitative estimate of drug-likeness (QED) is 0.150. The number of hydrogen-bond acceptors (Lipinski definition) is 6. The molecule has 1 unspecified atom stereocenters. The highest BCUT2D eigenvalue weighted by Gasteiger charge is 2.29. The Hall–Kier alpha value is -3.91. The summed E-state index contributed by atoms with van der Waals surface area (Å²) >= 11 is 5.91. The maximum absolute atomic E-state index is 13.4. The summed E-state index contributed by atoms with van der Waals surface area (Å²) in [4.78, 5) is 54.1. The zero-order chi connectivity index (χ0) is 27.2. The highest BCUT2D eigenvalue weighted by Crippen LogP contribution is 2.35. The van der Waals surface area contributed by atoms with Gasteiger partial charge in [0.2, 0.25) is 0 Å². The number of aromatic nitrogens is 1. The van der Waals surface area contributed by atoms with Gasteiger partial charge in [0.1, 0.15) is 5.75 Å². The third-order valence-corrected chi connectivity index (χ3v) is 6.93. The number of hydrogen-bond donors (Lipinski definition) is 1. The molecule has 8 nitrogen and oxygen atoms in total. The minimum Gasteiger partial charge on any atom is -0.497 e. The number of halogens is 1. The number of fused-ring (bicyclic) bond motifs is 1. The van der Waals surface area contributed by atoms with E-state index in [0.717, 1.165) is 35.0 Å². The van der Waals surface area contributed by atoms with Crippen LogP contribution in [0, 0.1) is 6.92 Å². The third kappa shape index (κ3) is 6.14. The van der Waals surface area contributed by atoms with E-state index in [1.54, 1.807) is 19.2 Å². The maximum atomic E-state index is 13.4. The van der Waals surface area contributed by atoms with Crippen LogP contribution in [0.25, 0.3) is 10.9 Å². The molecule has 1 aromatic heterocycles. The van der Waals surface area contributed by atoms with Crippen molar-refractivity contribution in [3.05, 3.63) is 76.5 Å². The lowest BCUT2D eigenvalue weighted by Gasteiger charge is -2.17. The van der Waals surface area contributed by atoms with Crippen molar-refractivity contribution in [1.82, 2.24) is 9.88 Å². The SMILES string of the molecule is COc1ccc2[nH]c(C)c(C(CCCCCCN3C(=O)C=CC3=O)C(=O)OC(=O)c3ccc(Cl)cc3)c2c1. The van der Waals surface area contributed by atoms with Crippen molar-refractivity contribution in [1.29, 1.82) is 0 Å². The van der Waals surface area contributed by atoms with E-state index in [0.29, 0.717) is 36.6 Å². The van der Waals surface area contributed by atoms with E-state index in [2.05, 4.69) is 4.98 Å². The van der Waals surface area contributed by atoms with Gasteiger partial charge in [-0.2, -0.15) is 0 Å². The number of esters is 2. The molecule has 4 rings (SSSR count). The number of unbranched alkanes of at least 4 members (excludes halogenated alkanes) is 3. The molecule has 0 bridgehead atoms. The first kappa shape index (κ1) is 27.1. The summed E-state index contributed by atoms with van der Waals surface area (Å²) in [5, 5.41) is 1.31. The Kier molecular flexibility index (Phi) is 8.63. The van der Waals surface area contributed by atoms with Crippen LogP contribution >= 0.6 is 11.6 Å². The maximum Gasteiger partial charge on any atom is 0.345 e. The largest absolute Gasteiger partial charge is 0.497 e. The van der Waals surface area contributed by atoms with E-state index in [1.807, 2.05) is 25.1 Å². The molecule has 198 valence electrons. The van der Waals surface area contributed by atoms with Gasteiger partial charge in [-0.05, 0) is 67.8 Å². The van der Waals surface area contributed by atoms with Gasteiger partial charge in [-0.3, -0.25) is 19.3 Å². The number of aryl methyl sites for hydroxylation is 1. The molecule has 0 aliphatic carbocycles. The van der Waals surface area contributed by atoms with Gasteiger partial charge >= 0.3 is 11.9 Å². The topological polar surface area (TPSA) is 106 Å². The molecule has 0 fully saturated rings. The fraction of sp³-hybridized carbons (Fsp3) is 0.310. The zero-order valence-corrected chi connectivity index (χ0v) is 22.0. The number of rotatable bonds is 11. The second-order valence-corrected chi connectivity index (χ2v) is 9.64. The zero-order valence-electron chi connectivity index (χ0n) is 21.3. The van der Waals surface area contributed by atoms with Crippen LogP contribution in [0.2, 0.25) is 5.02 Å². The smallest absolute Gasteiger partial charge is 0.345 e. The number of carbonyl (C=O) groups is 4. The van der Waals surface area contributed by atoms with Crippen LogP contribution in [0.5, 0.6) is 5.75 Å². The summed E-state index contributed by atoms with van der Waals surface area (Å²) in [6.45, 7) is 2.26. The molecular weight excluding hydrogens is 508 g/mol. The van der Waals surface area contributed by atoms with Crippen LogP contribution in [0.4, 0.5) is 0 Å². The second-order valence-electron chi connectivity index (χ2n) is 9.21. The standard InChI is InChI=1S/C29H29ClN2O6/c1-18-27(23-17-21(37-2)12-13-24(23)31-18)22(29(36)38-28(35)19-8-10-20(30)11-9-19)7-5-3-4-6-16-32-25(33)14-15-26(32)34/h8-15,17,22,31H,3-7,16H2,1-2H3. The second kappa shape index (κ2) is 12.1. The Bertz CT molecular complexity index is 1370. The molecule has 0 spiro atoms. The van der Waals surface area contributed by atoms with Crippen LogP contribution in [-0.2, 0) is 19.1 Å². The van der Waals surface area contributed by atoms with E-state index in [-0.39, 0.29) is 17.4 Å². The molecule has 0 radical (unpaired) electrons. The number of aromatic amines is 1. The predicted molar refractivity (Wildman–Crippen MR) is 143 cm³/mol. The van der Waals surface area contributed by atoms with Crippen LogP contribution in [0.1, 0.15) is 59.6 Å². The Morgan fingerprint density at radius 2 is 1.66 bits per heavy atom. The summed E-state index contributed by atoms with van der Waals surface area (Å²) in [7, 11) is 1.58. The number of benzene rings is 2. The van der Waals surface area contributed by atoms with E-state index in [4.69, 9.17) is 21.1 Å². The van der Waals surface area contributed by atoms with Crippen LogP contribution in [0.15, 0.2) is 54.6 Å². The Labute approximate surface area is 225 Å². The van der Waals surface area contributed by atoms with Gasteiger partial charge in [0.25, 0.3) is 11.8 Å². The summed E-state index contributed by atoms with van der Waals surface area (Å²) < 4.78 is 10.7.